The molecule has 4 atom stereocenters. The van der Waals surface area contributed by atoms with Gasteiger partial charge in [0.2, 0.25) is 5.91 Å². The zero-order chi connectivity index (χ0) is 17.8. The first-order chi connectivity index (χ1) is 12.1. The quantitative estimate of drug-likeness (QED) is 0.852. The molecule has 1 N–H and O–H groups in total. The molecular weight excluding hydrogens is 345 g/mol. The largest absolute Gasteiger partial charge is 0.384 e. The smallest absolute Gasteiger partial charge is 0.222 e. The van der Waals surface area contributed by atoms with Crippen molar-refractivity contribution in [2.75, 3.05) is 13.7 Å². The number of halogens is 2. The number of nitrogens with one attached hydrogen (secondary N) is 1. The van der Waals surface area contributed by atoms with Crippen LogP contribution >= 0.6 is 11.6 Å². The van der Waals surface area contributed by atoms with Crippen molar-refractivity contribution in [2.45, 2.75) is 56.8 Å². The Bertz CT molecular complexity index is 612. The van der Waals surface area contributed by atoms with E-state index in [1.165, 1.54) is 12.5 Å². The zero-order valence-electron chi connectivity index (χ0n) is 14.5. The van der Waals surface area contributed by atoms with Gasteiger partial charge in [-0.1, -0.05) is 30.5 Å². The maximum Gasteiger partial charge on any atom is 0.222 e. The number of hydrogen-bond donors (Lipinski definition) is 1. The van der Waals surface area contributed by atoms with Crippen LogP contribution in [0.15, 0.2) is 18.2 Å². The third-order valence-corrected chi connectivity index (χ3v) is 5.56. The van der Waals surface area contributed by atoms with Crippen LogP contribution in [0.2, 0.25) is 5.02 Å². The second kappa shape index (κ2) is 8.47. The van der Waals surface area contributed by atoms with Crippen LogP contribution in [0, 0.1) is 11.7 Å². The van der Waals surface area contributed by atoms with Gasteiger partial charge in [-0.3, -0.25) is 4.79 Å². The second-order valence-corrected chi connectivity index (χ2v) is 7.34. The molecule has 3 rings (SSSR count). The topological polar surface area (TPSA) is 47.6 Å². The maximum absolute atomic E-state index is 13.5. The summed E-state index contributed by atoms with van der Waals surface area (Å²) in [6.07, 6.45) is 5.37. The molecule has 1 aromatic rings. The molecule has 1 aromatic carbocycles. The van der Waals surface area contributed by atoms with Crippen molar-refractivity contribution in [3.05, 3.63) is 34.6 Å². The maximum atomic E-state index is 13.5. The Balaban J connectivity index is 1.75. The van der Waals surface area contributed by atoms with Gasteiger partial charge in [0, 0.05) is 25.5 Å². The number of benzene rings is 1. The summed E-state index contributed by atoms with van der Waals surface area (Å²) in [6.45, 7) is 0.417. The van der Waals surface area contributed by atoms with Crippen LogP contribution in [0.1, 0.15) is 50.2 Å². The molecule has 1 saturated heterocycles. The molecule has 0 radical (unpaired) electrons. The molecule has 138 valence electrons. The fourth-order valence-electron chi connectivity index (χ4n) is 3.99. The van der Waals surface area contributed by atoms with Crippen molar-refractivity contribution >= 4 is 17.5 Å². The van der Waals surface area contributed by atoms with Crippen molar-refractivity contribution in [3.8, 4) is 0 Å². The lowest BCUT2D eigenvalue weighted by Crippen LogP contribution is -2.51. The standard InChI is InChI=1S/C19H25ClFNO3/c1-24-9-8-19(23)22-16-11-18(12-6-7-15(21)14(20)10-12)25-17-5-3-2-4-13(16)17/h6-7,10,13,16-18H,2-5,8-9,11H2,1H3,(H,22,23)/t13-,16+,17+,18+/m0/s1. The number of hydrogen-bond acceptors (Lipinski definition) is 3. The van der Waals surface area contributed by atoms with Gasteiger partial charge in [0.25, 0.3) is 0 Å². The van der Waals surface area contributed by atoms with Crippen LogP contribution < -0.4 is 5.32 Å². The van der Waals surface area contributed by atoms with E-state index < -0.39 is 5.82 Å². The van der Waals surface area contributed by atoms with Crippen molar-refractivity contribution in [1.29, 1.82) is 0 Å². The summed E-state index contributed by atoms with van der Waals surface area (Å²) in [5.41, 5.74) is 0.867. The van der Waals surface area contributed by atoms with Crippen LogP contribution in [0.5, 0.6) is 0 Å². The molecular formula is C19H25ClFNO3. The highest BCUT2D eigenvalue weighted by molar-refractivity contribution is 6.30. The molecule has 4 nitrogen and oxygen atoms in total. The Labute approximate surface area is 153 Å². The predicted molar refractivity (Wildman–Crippen MR) is 94.0 cm³/mol. The normalized spacial score (nSPS) is 29.1. The third kappa shape index (κ3) is 4.52. The van der Waals surface area contributed by atoms with Crippen LogP contribution in [-0.4, -0.2) is 31.8 Å². The first-order valence-electron chi connectivity index (χ1n) is 8.97. The average molecular weight is 370 g/mol. The molecule has 1 aliphatic heterocycles. The Hall–Kier alpha value is -1.17. The number of carbonyl (C=O) groups excluding carboxylic acids is 1. The van der Waals surface area contributed by atoms with Gasteiger partial charge >= 0.3 is 0 Å². The van der Waals surface area contributed by atoms with Crippen molar-refractivity contribution in [3.63, 3.8) is 0 Å². The Morgan fingerprint density at radius 2 is 2.20 bits per heavy atom. The summed E-state index contributed by atoms with van der Waals surface area (Å²) in [4.78, 5) is 12.2. The summed E-state index contributed by atoms with van der Waals surface area (Å²) in [7, 11) is 1.59. The van der Waals surface area contributed by atoms with E-state index in [4.69, 9.17) is 21.1 Å². The molecule has 0 bridgehead atoms. The molecule has 1 aliphatic carbocycles. The monoisotopic (exact) mass is 369 g/mol. The van der Waals surface area contributed by atoms with Crippen LogP contribution in [0.25, 0.3) is 0 Å². The first-order valence-corrected chi connectivity index (χ1v) is 9.35. The van der Waals surface area contributed by atoms with Crippen LogP contribution in [-0.2, 0) is 14.3 Å². The summed E-state index contributed by atoms with van der Waals surface area (Å²) < 4.78 is 24.8. The molecule has 1 amide bonds. The van der Waals surface area contributed by atoms with E-state index in [-0.39, 0.29) is 29.2 Å². The minimum atomic E-state index is -0.429. The van der Waals surface area contributed by atoms with E-state index in [0.717, 1.165) is 24.8 Å². The lowest BCUT2D eigenvalue weighted by Gasteiger charge is -2.45. The minimum absolute atomic E-state index is 0.00830. The van der Waals surface area contributed by atoms with Crippen molar-refractivity contribution in [2.24, 2.45) is 5.92 Å². The Kier molecular flexibility index (Phi) is 6.31. The van der Waals surface area contributed by atoms with Gasteiger partial charge in [-0.25, -0.2) is 4.39 Å². The fourth-order valence-corrected chi connectivity index (χ4v) is 4.18. The van der Waals surface area contributed by atoms with Gasteiger partial charge in [0.05, 0.1) is 23.8 Å². The van der Waals surface area contributed by atoms with Crippen molar-refractivity contribution in [1.82, 2.24) is 5.32 Å². The molecule has 6 heteroatoms. The first kappa shape index (κ1) is 18.6. The van der Waals surface area contributed by atoms with Crippen molar-refractivity contribution < 1.29 is 18.7 Å². The molecule has 1 heterocycles. The molecule has 0 aromatic heterocycles. The second-order valence-electron chi connectivity index (χ2n) is 6.94. The van der Waals surface area contributed by atoms with E-state index in [1.54, 1.807) is 19.2 Å². The van der Waals surface area contributed by atoms with Gasteiger partial charge in [0.1, 0.15) is 5.82 Å². The number of fused-ring (bicyclic) bond motifs is 1. The highest BCUT2D eigenvalue weighted by atomic mass is 35.5. The Morgan fingerprint density at radius 1 is 1.40 bits per heavy atom. The van der Waals surface area contributed by atoms with Crippen LogP contribution in [0.4, 0.5) is 4.39 Å². The minimum Gasteiger partial charge on any atom is -0.384 e. The summed E-state index contributed by atoms with van der Waals surface area (Å²) in [5.74, 6) is -0.0810. The van der Waals surface area contributed by atoms with Gasteiger partial charge in [-0.15, -0.1) is 0 Å². The molecule has 1 saturated carbocycles. The Morgan fingerprint density at radius 3 is 2.96 bits per heavy atom. The molecule has 0 unspecified atom stereocenters. The van der Waals surface area contributed by atoms with Gasteiger partial charge in [-0.05, 0) is 37.0 Å². The molecule has 0 spiro atoms. The van der Waals surface area contributed by atoms with E-state index in [0.29, 0.717) is 25.4 Å². The molecule has 2 fully saturated rings. The summed E-state index contributed by atoms with van der Waals surface area (Å²) >= 11 is 5.93. The van der Waals surface area contributed by atoms with Gasteiger partial charge in [-0.2, -0.15) is 0 Å². The van der Waals surface area contributed by atoms with Crippen LogP contribution in [0.3, 0.4) is 0 Å². The summed E-state index contributed by atoms with van der Waals surface area (Å²) in [5, 5.41) is 3.28. The third-order valence-electron chi connectivity index (χ3n) is 5.27. The van der Waals surface area contributed by atoms with E-state index >= 15 is 0 Å². The highest BCUT2D eigenvalue weighted by Gasteiger charge is 2.40. The number of amides is 1. The zero-order valence-corrected chi connectivity index (χ0v) is 15.2. The predicted octanol–water partition coefficient (Wildman–Crippen LogP) is 4.02. The SMILES string of the molecule is COCCC(=O)N[C@@H]1C[C@H](c2ccc(F)c(Cl)c2)O[C@@H]2CCCC[C@@H]12. The number of ether oxygens (including phenoxy) is 2. The number of carbonyl (C=O) groups is 1. The van der Waals surface area contributed by atoms with E-state index in [9.17, 15) is 9.18 Å². The van der Waals surface area contributed by atoms with E-state index in [2.05, 4.69) is 5.32 Å². The van der Waals surface area contributed by atoms with Gasteiger partial charge in [0.15, 0.2) is 0 Å². The molecule has 25 heavy (non-hydrogen) atoms. The number of rotatable bonds is 5. The number of methoxy groups -OCH3 is 1. The lowest BCUT2D eigenvalue weighted by atomic mass is 9.76. The summed E-state index contributed by atoms with van der Waals surface area (Å²) in [6, 6.07) is 4.80. The fraction of sp³-hybridized carbons (Fsp3) is 0.632. The average Bonchev–Trinajstić information content (AvgIpc) is 2.62. The molecule has 2 aliphatic rings. The highest BCUT2D eigenvalue weighted by Crippen LogP contribution is 2.41. The van der Waals surface area contributed by atoms with E-state index in [1.807, 2.05) is 0 Å². The lowest BCUT2D eigenvalue weighted by molar-refractivity contribution is -0.133. The van der Waals surface area contributed by atoms with Gasteiger partial charge < -0.3 is 14.8 Å².